The number of carboxylic acid groups (broad SMARTS) is 1. The van der Waals surface area contributed by atoms with E-state index >= 15 is 0 Å². The number of carbonyl (C=O) groups excluding carboxylic acids is 2. The summed E-state index contributed by atoms with van der Waals surface area (Å²) in [4.78, 5) is 38.6. The number of halogens is 4. The summed E-state index contributed by atoms with van der Waals surface area (Å²) in [5.41, 5.74) is 2.81. The van der Waals surface area contributed by atoms with Crippen LogP contribution in [0.4, 0.5) is 18.9 Å². The number of ether oxygens (including phenoxy) is 1. The molecule has 0 fully saturated rings. The monoisotopic (exact) mass is 546 g/mol. The first kappa shape index (κ1) is 27.0. The van der Waals surface area contributed by atoms with Gasteiger partial charge in [0.05, 0.1) is 5.02 Å². The SMILES string of the molecule is CC(C)[C@@H](C(=O)O)N1Cc2ccc(-c3ccc(NC(=O)c4ccc(OC(F)(F)F)cc4)cc3Cl)cc2C1=O. The summed E-state index contributed by atoms with van der Waals surface area (Å²) >= 11 is 6.48. The van der Waals surface area contributed by atoms with E-state index in [1.165, 1.54) is 23.1 Å². The molecule has 2 N–H and O–H groups in total. The van der Waals surface area contributed by atoms with Crippen LogP contribution in [0, 0.1) is 5.92 Å². The van der Waals surface area contributed by atoms with Gasteiger partial charge in [-0.1, -0.05) is 43.6 Å². The zero-order chi connectivity index (χ0) is 27.8. The van der Waals surface area contributed by atoms with Crippen molar-refractivity contribution in [3.63, 3.8) is 0 Å². The first-order valence-corrected chi connectivity index (χ1v) is 11.9. The van der Waals surface area contributed by atoms with Gasteiger partial charge in [-0.2, -0.15) is 0 Å². The predicted molar refractivity (Wildman–Crippen MR) is 134 cm³/mol. The van der Waals surface area contributed by atoms with Crippen LogP contribution in [0.5, 0.6) is 5.75 Å². The van der Waals surface area contributed by atoms with E-state index in [0.717, 1.165) is 17.7 Å². The lowest BCUT2D eigenvalue weighted by Gasteiger charge is -2.27. The standard InChI is InChI=1S/C27H22ClF3N2O5/c1-14(2)23(26(36)37)33-13-17-4-3-16(11-21(17)25(33)35)20-10-7-18(12-22(20)28)32-24(34)15-5-8-19(9-6-15)38-27(29,30)31/h3-12,14,23H,13H2,1-2H3,(H,32,34)(H,36,37)/t23-/m0/s1. The number of aliphatic carboxylic acids is 1. The van der Waals surface area contributed by atoms with Gasteiger partial charge in [-0.25, -0.2) is 4.79 Å². The van der Waals surface area contributed by atoms with Gasteiger partial charge in [-0.15, -0.1) is 13.2 Å². The molecule has 1 atom stereocenters. The van der Waals surface area contributed by atoms with Crippen LogP contribution in [-0.2, 0) is 11.3 Å². The van der Waals surface area contributed by atoms with E-state index < -0.39 is 30.0 Å². The number of anilines is 1. The van der Waals surface area contributed by atoms with E-state index in [1.54, 1.807) is 44.2 Å². The first-order valence-electron chi connectivity index (χ1n) is 11.5. The lowest BCUT2D eigenvalue weighted by atomic mass is 10.00. The lowest BCUT2D eigenvalue weighted by molar-refractivity contribution is -0.274. The second-order valence-electron chi connectivity index (χ2n) is 9.05. The van der Waals surface area contributed by atoms with E-state index in [4.69, 9.17) is 11.6 Å². The van der Waals surface area contributed by atoms with E-state index in [-0.39, 0.29) is 29.0 Å². The molecule has 4 rings (SSSR count). The largest absolute Gasteiger partial charge is 0.573 e. The Balaban J connectivity index is 1.50. The van der Waals surface area contributed by atoms with Gasteiger partial charge < -0.3 is 20.1 Å². The smallest absolute Gasteiger partial charge is 0.480 e. The molecule has 0 saturated heterocycles. The van der Waals surface area contributed by atoms with Crippen LogP contribution in [0.2, 0.25) is 5.02 Å². The highest BCUT2D eigenvalue weighted by atomic mass is 35.5. The topological polar surface area (TPSA) is 95.9 Å². The molecule has 198 valence electrons. The summed E-state index contributed by atoms with van der Waals surface area (Å²) in [5.74, 6) is -2.70. The minimum Gasteiger partial charge on any atom is -0.480 e. The third-order valence-corrected chi connectivity index (χ3v) is 6.36. The fraction of sp³-hybridized carbons (Fsp3) is 0.222. The number of hydrogen-bond acceptors (Lipinski definition) is 4. The number of amides is 2. The lowest BCUT2D eigenvalue weighted by Crippen LogP contribution is -2.44. The minimum absolute atomic E-state index is 0.113. The quantitative estimate of drug-likeness (QED) is 0.367. The second-order valence-corrected chi connectivity index (χ2v) is 9.46. The van der Waals surface area contributed by atoms with Crippen LogP contribution in [0.1, 0.15) is 40.1 Å². The molecule has 0 aliphatic carbocycles. The number of nitrogens with one attached hydrogen (secondary N) is 1. The summed E-state index contributed by atoms with van der Waals surface area (Å²) in [6.45, 7) is 3.70. The van der Waals surface area contributed by atoms with Crippen LogP contribution in [0.25, 0.3) is 11.1 Å². The molecule has 3 aromatic rings. The Bertz CT molecular complexity index is 1410. The zero-order valence-corrected chi connectivity index (χ0v) is 20.9. The van der Waals surface area contributed by atoms with Crippen LogP contribution in [0.3, 0.4) is 0 Å². The Morgan fingerprint density at radius 3 is 2.29 bits per heavy atom. The maximum atomic E-state index is 13.0. The normalized spacial score (nSPS) is 13.9. The molecule has 0 spiro atoms. The van der Waals surface area contributed by atoms with Crippen LogP contribution in [0.15, 0.2) is 60.7 Å². The fourth-order valence-electron chi connectivity index (χ4n) is 4.33. The molecule has 0 aromatic heterocycles. The van der Waals surface area contributed by atoms with E-state index in [0.29, 0.717) is 22.4 Å². The number of nitrogens with zero attached hydrogens (tertiary/aromatic N) is 1. The highest BCUT2D eigenvalue weighted by molar-refractivity contribution is 6.33. The van der Waals surface area contributed by atoms with Crippen molar-refractivity contribution in [2.24, 2.45) is 5.92 Å². The fourth-order valence-corrected chi connectivity index (χ4v) is 4.62. The molecule has 38 heavy (non-hydrogen) atoms. The van der Waals surface area contributed by atoms with Gasteiger partial charge in [0, 0.05) is 28.9 Å². The van der Waals surface area contributed by atoms with Crippen molar-refractivity contribution in [3.05, 3.63) is 82.4 Å². The Hall–Kier alpha value is -4.05. The molecular formula is C27H22ClF3N2O5. The second kappa shape index (κ2) is 10.4. The molecule has 1 heterocycles. The van der Waals surface area contributed by atoms with E-state index in [1.807, 2.05) is 0 Å². The van der Waals surface area contributed by atoms with Crippen LogP contribution in [-0.4, -0.2) is 40.2 Å². The number of carboxylic acids is 1. The molecule has 3 aromatic carbocycles. The average Bonchev–Trinajstić information content (AvgIpc) is 3.13. The summed E-state index contributed by atoms with van der Waals surface area (Å²) < 4.78 is 40.8. The minimum atomic E-state index is -4.83. The van der Waals surface area contributed by atoms with Crippen molar-refractivity contribution in [3.8, 4) is 16.9 Å². The Labute approximate surface area is 220 Å². The number of rotatable bonds is 7. The Morgan fingerprint density at radius 2 is 1.71 bits per heavy atom. The molecule has 7 nitrogen and oxygen atoms in total. The Kier molecular flexibility index (Phi) is 7.37. The van der Waals surface area contributed by atoms with Crippen molar-refractivity contribution < 1.29 is 37.4 Å². The third kappa shape index (κ3) is 5.75. The molecule has 0 saturated carbocycles. The van der Waals surface area contributed by atoms with Crippen molar-refractivity contribution in [2.75, 3.05) is 5.32 Å². The van der Waals surface area contributed by atoms with Gasteiger partial charge in [-0.05, 0) is 59.5 Å². The molecule has 0 bridgehead atoms. The number of alkyl halides is 3. The van der Waals surface area contributed by atoms with E-state index in [9.17, 15) is 32.7 Å². The predicted octanol–water partition coefficient (Wildman–Crippen LogP) is 6.22. The number of carbonyl (C=O) groups is 3. The number of hydrogen-bond donors (Lipinski definition) is 2. The first-order chi connectivity index (χ1) is 17.8. The van der Waals surface area contributed by atoms with Crippen molar-refractivity contribution in [1.29, 1.82) is 0 Å². The van der Waals surface area contributed by atoms with Gasteiger partial charge in [0.15, 0.2) is 0 Å². The van der Waals surface area contributed by atoms with Gasteiger partial charge in [0.25, 0.3) is 11.8 Å². The third-order valence-electron chi connectivity index (χ3n) is 6.05. The van der Waals surface area contributed by atoms with E-state index in [2.05, 4.69) is 10.1 Å². The Morgan fingerprint density at radius 1 is 1.03 bits per heavy atom. The van der Waals surface area contributed by atoms with Crippen molar-refractivity contribution in [1.82, 2.24) is 4.90 Å². The molecule has 0 unspecified atom stereocenters. The van der Waals surface area contributed by atoms with Crippen molar-refractivity contribution >= 4 is 35.1 Å². The van der Waals surface area contributed by atoms with Gasteiger partial charge in [0.2, 0.25) is 0 Å². The van der Waals surface area contributed by atoms with Gasteiger partial charge in [0.1, 0.15) is 11.8 Å². The number of benzene rings is 3. The summed E-state index contributed by atoms with van der Waals surface area (Å²) in [6, 6.07) is 13.5. The van der Waals surface area contributed by atoms with Crippen molar-refractivity contribution in [2.45, 2.75) is 32.8 Å². The highest BCUT2D eigenvalue weighted by Crippen LogP contribution is 2.35. The van der Waals surface area contributed by atoms with Gasteiger partial charge in [-0.3, -0.25) is 9.59 Å². The maximum absolute atomic E-state index is 13.0. The molecule has 0 radical (unpaired) electrons. The van der Waals surface area contributed by atoms with Gasteiger partial charge >= 0.3 is 12.3 Å². The van der Waals surface area contributed by atoms with Crippen LogP contribution < -0.4 is 10.1 Å². The summed E-state index contributed by atoms with van der Waals surface area (Å²) in [7, 11) is 0. The maximum Gasteiger partial charge on any atom is 0.573 e. The average molecular weight is 547 g/mol. The molecular weight excluding hydrogens is 525 g/mol. The van der Waals surface area contributed by atoms with Crippen LogP contribution >= 0.6 is 11.6 Å². The molecule has 1 aliphatic heterocycles. The number of fused-ring (bicyclic) bond motifs is 1. The molecule has 1 aliphatic rings. The summed E-state index contributed by atoms with van der Waals surface area (Å²) in [5, 5.41) is 12.5. The highest BCUT2D eigenvalue weighted by Gasteiger charge is 2.38. The summed E-state index contributed by atoms with van der Waals surface area (Å²) in [6.07, 6.45) is -4.83. The molecule has 2 amide bonds. The zero-order valence-electron chi connectivity index (χ0n) is 20.2. The molecule has 11 heteroatoms.